The van der Waals surface area contributed by atoms with Crippen LogP contribution in [-0.4, -0.2) is 26.1 Å². The van der Waals surface area contributed by atoms with E-state index < -0.39 is 10.1 Å². The van der Waals surface area contributed by atoms with Gasteiger partial charge in [0.15, 0.2) is 0 Å². The molecule has 0 unspecified atom stereocenters. The molecular formula is C33H55NO3S. The van der Waals surface area contributed by atoms with Crippen molar-refractivity contribution < 1.29 is 13.0 Å². The number of hydrogen-bond donors (Lipinski definition) is 2. The van der Waals surface area contributed by atoms with Gasteiger partial charge in [0.05, 0.1) is 4.90 Å². The van der Waals surface area contributed by atoms with Crippen LogP contribution in [0.3, 0.4) is 0 Å². The Balaban J connectivity index is 0.000000544. The standard InChI is InChI=1S/C26H47N.C7H8O3S/c1-2-3-4-5-6-7-8-9-10-11-12-13-14-15-16-20-24-27-25-23-26-21-18-17-19-22-26;1-6-2-4-7(5-3-6)11(8,9)10/h17-19,21-22,27H,2-16,20,23-25H2,1H3;2-5H,1H3,(H,8,9,10). The minimum Gasteiger partial charge on any atom is -0.316 e. The van der Waals surface area contributed by atoms with Gasteiger partial charge < -0.3 is 5.32 Å². The number of rotatable bonds is 21. The second kappa shape index (κ2) is 23.2. The molecule has 0 fully saturated rings. The fraction of sp³-hybridized carbons (Fsp3) is 0.636. The molecule has 2 rings (SSSR count). The van der Waals surface area contributed by atoms with E-state index in [1.165, 1.54) is 127 Å². The maximum absolute atomic E-state index is 10.5. The molecule has 0 amide bonds. The van der Waals surface area contributed by atoms with E-state index in [1.54, 1.807) is 12.1 Å². The Morgan fingerprint density at radius 3 is 1.50 bits per heavy atom. The second-order valence-corrected chi connectivity index (χ2v) is 12.0. The van der Waals surface area contributed by atoms with Crippen molar-refractivity contribution in [2.24, 2.45) is 0 Å². The highest BCUT2D eigenvalue weighted by molar-refractivity contribution is 7.85. The normalized spacial score (nSPS) is 11.2. The molecule has 216 valence electrons. The number of aryl methyl sites for hydroxylation is 1. The molecule has 4 nitrogen and oxygen atoms in total. The average molecular weight is 546 g/mol. The zero-order valence-electron chi connectivity index (χ0n) is 24.3. The lowest BCUT2D eigenvalue weighted by molar-refractivity contribution is 0.483. The summed E-state index contributed by atoms with van der Waals surface area (Å²) in [5.74, 6) is 0. The molecule has 0 aliphatic carbocycles. The van der Waals surface area contributed by atoms with Gasteiger partial charge in [-0.05, 0) is 50.6 Å². The van der Waals surface area contributed by atoms with Crippen LogP contribution in [0.2, 0.25) is 0 Å². The van der Waals surface area contributed by atoms with Gasteiger partial charge in [0.1, 0.15) is 0 Å². The first-order valence-corrected chi connectivity index (χ1v) is 16.7. The lowest BCUT2D eigenvalue weighted by Gasteiger charge is -2.05. The first kappa shape index (κ1) is 34.3. The highest BCUT2D eigenvalue weighted by atomic mass is 32.2. The number of nitrogens with one attached hydrogen (secondary N) is 1. The molecule has 0 saturated carbocycles. The van der Waals surface area contributed by atoms with Gasteiger partial charge in [0, 0.05) is 0 Å². The van der Waals surface area contributed by atoms with Crippen molar-refractivity contribution >= 4 is 10.1 Å². The van der Waals surface area contributed by atoms with Gasteiger partial charge >= 0.3 is 0 Å². The lowest BCUT2D eigenvalue weighted by atomic mass is 10.0. The molecule has 0 saturated heterocycles. The molecule has 0 heterocycles. The topological polar surface area (TPSA) is 66.4 Å². The minimum atomic E-state index is -4.02. The van der Waals surface area contributed by atoms with E-state index >= 15 is 0 Å². The summed E-state index contributed by atoms with van der Waals surface area (Å²) in [5.41, 5.74) is 2.40. The Hall–Kier alpha value is -1.69. The summed E-state index contributed by atoms with van der Waals surface area (Å²) in [6.45, 7) is 6.44. The number of benzene rings is 2. The first-order chi connectivity index (χ1) is 18.4. The van der Waals surface area contributed by atoms with Crippen molar-refractivity contribution in [3.63, 3.8) is 0 Å². The molecule has 0 aliphatic rings. The summed E-state index contributed by atoms with van der Waals surface area (Å²) >= 11 is 0. The third-order valence-electron chi connectivity index (χ3n) is 6.96. The Morgan fingerprint density at radius 1 is 0.605 bits per heavy atom. The summed E-state index contributed by atoms with van der Waals surface area (Å²) in [4.78, 5) is -0.0666. The van der Waals surface area contributed by atoms with Gasteiger partial charge in [0.25, 0.3) is 10.1 Å². The predicted molar refractivity (Wildman–Crippen MR) is 164 cm³/mol. The molecule has 38 heavy (non-hydrogen) atoms. The van der Waals surface area contributed by atoms with Crippen molar-refractivity contribution in [1.29, 1.82) is 0 Å². The molecular weight excluding hydrogens is 490 g/mol. The fourth-order valence-electron chi connectivity index (χ4n) is 4.51. The van der Waals surface area contributed by atoms with Crippen LogP contribution in [0.4, 0.5) is 0 Å². The Kier molecular flexibility index (Phi) is 21.0. The highest BCUT2D eigenvalue weighted by Gasteiger charge is 2.06. The van der Waals surface area contributed by atoms with Crippen LogP contribution in [0.25, 0.3) is 0 Å². The van der Waals surface area contributed by atoms with Crippen molar-refractivity contribution in [3.05, 3.63) is 65.7 Å². The number of unbranched alkanes of at least 4 members (excludes halogenated alkanes) is 15. The summed E-state index contributed by atoms with van der Waals surface area (Å²) in [5, 5.41) is 3.58. The van der Waals surface area contributed by atoms with E-state index in [4.69, 9.17) is 4.55 Å². The molecule has 2 aromatic rings. The quantitative estimate of drug-likeness (QED) is 0.121. The lowest BCUT2D eigenvalue weighted by Crippen LogP contribution is -2.18. The predicted octanol–water partition coefficient (Wildman–Crippen LogP) is 9.32. The summed E-state index contributed by atoms with van der Waals surface area (Å²) in [6.07, 6.45) is 24.3. The largest absolute Gasteiger partial charge is 0.316 e. The van der Waals surface area contributed by atoms with Crippen molar-refractivity contribution in [2.45, 2.75) is 128 Å². The molecule has 0 aromatic heterocycles. The van der Waals surface area contributed by atoms with Crippen molar-refractivity contribution in [1.82, 2.24) is 5.32 Å². The first-order valence-electron chi connectivity index (χ1n) is 15.2. The van der Waals surface area contributed by atoms with Crippen molar-refractivity contribution in [2.75, 3.05) is 13.1 Å². The van der Waals surface area contributed by atoms with E-state index in [1.807, 2.05) is 6.92 Å². The molecule has 2 N–H and O–H groups in total. The van der Waals surface area contributed by atoms with Crippen molar-refractivity contribution in [3.8, 4) is 0 Å². The van der Waals surface area contributed by atoms with Crippen LogP contribution in [-0.2, 0) is 16.5 Å². The van der Waals surface area contributed by atoms with Gasteiger partial charge in [-0.2, -0.15) is 8.42 Å². The molecule has 0 spiro atoms. The molecule has 5 heteroatoms. The number of hydrogen-bond acceptors (Lipinski definition) is 3. The van der Waals surface area contributed by atoms with E-state index in [0.29, 0.717) is 0 Å². The van der Waals surface area contributed by atoms with Crippen LogP contribution < -0.4 is 5.32 Å². The van der Waals surface area contributed by atoms with Gasteiger partial charge in [-0.1, -0.05) is 151 Å². The average Bonchev–Trinajstić information content (AvgIpc) is 2.91. The Morgan fingerprint density at radius 2 is 1.05 bits per heavy atom. The minimum absolute atomic E-state index is 0.0666. The zero-order valence-corrected chi connectivity index (χ0v) is 25.1. The van der Waals surface area contributed by atoms with Crippen LogP contribution in [0, 0.1) is 6.92 Å². The van der Waals surface area contributed by atoms with Gasteiger partial charge in [-0.3, -0.25) is 4.55 Å². The summed E-state index contributed by atoms with van der Waals surface area (Å²) < 4.78 is 29.6. The van der Waals surface area contributed by atoms with Gasteiger partial charge in [-0.15, -0.1) is 0 Å². The summed E-state index contributed by atoms with van der Waals surface area (Å²) in [7, 11) is -4.02. The van der Waals surface area contributed by atoms with Crippen LogP contribution in [0.1, 0.15) is 121 Å². The molecule has 2 aromatic carbocycles. The van der Waals surface area contributed by atoms with Crippen LogP contribution in [0.5, 0.6) is 0 Å². The Bertz CT molecular complexity index is 882. The Labute approximate surface area is 234 Å². The third kappa shape index (κ3) is 20.3. The fourth-order valence-corrected chi connectivity index (χ4v) is 4.99. The van der Waals surface area contributed by atoms with Gasteiger partial charge in [0.2, 0.25) is 0 Å². The smallest absolute Gasteiger partial charge is 0.294 e. The molecule has 0 bridgehead atoms. The molecule has 0 radical (unpaired) electrons. The molecule has 0 atom stereocenters. The van der Waals surface area contributed by atoms with Crippen LogP contribution >= 0.6 is 0 Å². The van der Waals surface area contributed by atoms with E-state index in [2.05, 4.69) is 42.6 Å². The maximum Gasteiger partial charge on any atom is 0.294 e. The second-order valence-electron chi connectivity index (χ2n) is 10.6. The van der Waals surface area contributed by atoms with E-state index in [-0.39, 0.29) is 4.90 Å². The highest BCUT2D eigenvalue weighted by Crippen LogP contribution is 2.13. The van der Waals surface area contributed by atoms with E-state index in [9.17, 15) is 8.42 Å². The van der Waals surface area contributed by atoms with E-state index in [0.717, 1.165) is 18.5 Å². The monoisotopic (exact) mass is 545 g/mol. The zero-order chi connectivity index (χ0) is 27.7. The third-order valence-corrected chi connectivity index (χ3v) is 7.83. The maximum atomic E-state index is 10.5. The summed E-state index contributed by atoms with van der Waals surface area (Å²) in [6, 6.07) is 16.8. The van der Waals surface area contributed by atoms with Gasteiger partial charge in [-0.25, -0.2) is 0 Å². The van der Waals surface area contributed by atoms with Crippen LogP contribution in [0.15, 0.2) is 59.5 Å². The molecule has 0 aliphatic heterocycles. The SMILES string of the molecule is CCCCCCCCCCCCCCCCCCNCCc1ccccc1.Cc1ccc(S(=O)(=O)O)cc1.